The Morgan fingerprint density at radius 1 is 1.56 bits per heavy atom. The maximum atomic E-state index is 11.5. The van der Waals surface area contributed by atoms with Gasteiger partial charge >= 0.3 is 0 Å². The Kier molecular flexibility index (Phi) is 3.96. The van der Waals surface area contributed by atoms with Gasteiger partial charge in [0.1, 0.15) is 4.88 Å². The summed E-state index contributed by atoms with van der Waals surface area (Å²) < 4.78 is 0. The number of halogens is 1. The summed E-state index contributed by atoms with van der Waals surface area (Å²) in [6, 6.07) is 7.59. The molecule has 2 rings (SSSR count). The highest BCUT2D eigenvalue weighted by Gasteiger charge is 2.14. The van der Waals surface area contributed by atoms with Gasteiger partial charge in [0, 0.05) is 11.4 Å². The summed E-state index contributed by atoms with van der Waals surface area (Å²) in [5.41, 5.74) is 3.88. The Balaban J connectivity index is 2.23. The zero-order chi connectivity index (χ0) is 13.1. The second kappa shape index (κ2) is 5.48. The molecule has 0 fully saturated rings. The maximum absolute atomic E-state index is 11.5. The molecule has 0 aliphatic heterocycles. The molecule has 0 unspecified atom stereocenters. The van der Waals surface area contributed by atoms with Gasteiger partial charge in [-0.05, 0) is 24.6 Å². The van der Waals surface area contributed by atoms with Crippen LogP contribution in [0.25, 0.3) is 0 Å². The van der Waals surface area contributed by atoms with E-state index in [0.717, 1.165) is 10.6 Å². The maximum Gasteiger partial charge on any atom is 0.277 e. The first kappa shape index (κ1) is 13.0. The summed E-state index contributed by atoms with van der Waals surface area (Å²) >= 11 is 7.27. The average molecular weight is 282 g/mol. The van der Waals surface area contributed by atoms with Gasteiger partial charge in [-0.15, -0.1) is 11.3 Å². The van der Waals surface area contributed by atoms with Gasteiger partial charge in [-0.1, -0.05) is 23.7 Å². The van der Waals surface area contributed by atoms with E-state index in [2.05, 4.69) is 10.4 Å². The quantitative estimate of drug-likeness (QED) is 0.515. The van der Waals surface area contributed by atoms with Crippen LogP contribution >= 0.6 is 22.9 Å². The van der Waals surface area contributed by atoms with Gasteiger partial charge in [-0.3, -0.25) is 10.2 Å². The van der Waals surface area contributed by atoms with E-state index in [1.165, 1.54) is 11.3 Å². The van der Waals surface area contributed by atoms with E-state index in [1.807, 2.05) is 24.3 Å². The number of nitrogens with zero attached hydrogens (tertiary/aromatic N) is 1. The smallest absolute Gasteiger partial charge is 0.277 e. The molecule has 0 saturated carbocycles. The topological polar surface area (TPSA) is 68.0 Å². The van der Waals surface area contributed by atoms with E-state index in [1.54, 1.807) is 6.92 Å². The van der Waals surface area contributed by atoms with Crippen molar-refractivity contribution >= 4 is 28.8 Å². The average Bonchev–Trinajstić information content (AvgIpc) is 2.69. The monoisotopic (exact) mass is 281 g/mol. The molecular formula is C12H12ClN3OS. The van der Waals surface area contributed by atoms with Gasteiger partial charge in [0.25, 0.3) is 5.91 Å². The number of amides is 1. The minimum atomic E-state index is -0.303. The molecule has 3 N–H and O–H groups in total. The lowest BCUT2D eigenvalue weighted by molar-refractivity contribution is 0.0957. The molecule has 94 valence electrons. The highest BCUT2D eigenvalue weighted by atomic mass is 35.5. The molecule has 18 heavy (non-hydrogen) atoms. The molecule has 0 bridgehead atoms. The molecule has 1 heterocycles. The van der Waals surface area contributed by atoms with E-state index in [9.17, 15) is 4.79 Å². The van der Waals surface area contributed by atoms with Crippen LogP contribution in [0.15, 0.2) is 24.3 Å². The predicted octanol–water partition coefficient (Wildman–Crippen LogP) is 2.30. The molecule has 1 aromatic carbocycles. The fraction of sp³-hybridized carbons (Fsp3) is 0.167. The van der Waals surface area contributed by atoms with Gasteiger partial charge in [0.2, 0.25) is 0 Å². The number of thiazole rings is 1. The Bertz CT molecular complexity index is 582. The first-order chi connectivity index (χ1) is 8.60. The third-order valence-electron chi connectivity index (χ3n) is 2.42. The number of carbonyl (C=O) groups excluding carboxylic acids is 1. The number of aryl methyl sites for hydroxylation is 1. The van der Waals surface area contributed by atoms with Crippen molar-refractivity contribution in [2.24, 2.45) is 5.84 Å². The van der Waals surface area contributed by atoms with E-state index in [0.29, 0.717) is 22.0 Å². The first-order valence-electron chi connectivity index (χ1n) is 5.32. The van der Waals surface area contributed by atoms with Crippen molar-refractivity contribution in [2.75, 3.05) is 0 Å². The number of aromatic nitrogens is 1. The highest BCUT2D eigenvalue weighted by molar-refractivity contribution is 7.13. The number of rotatable bonds is 3. The highest BCUT2D eigenvalue weighted by Crippen LogP contribution is 2.21. The molecule has 0 aliphatic carbocycles. The third kappa shape index (κ3) is 2.87. The van der Waals surface area contributed by atoms with E-state index in [-0.39, 0.29) is 5.91 Å². The van der Waals surface area contributed by atoms with Crippen LogP contribution in [0.1, 0.15) is 25.9 Å². The zero-order valence-electron chi connectivity index (χ0n) is 9.74. The SMILES string of the molecule is Cc1nc(Cc2cccc(Cl)c2)sc1C(=O)NN. The van der Waals surface area contributed by atoms with Gasteiger partial charge in [-0.25, -0.2) is 10.8 Å². The second-order valence-corrected chi connectivity index (χ2v) is 5.32. The lowest BCUT2D eigenvalue weighted by Crippen LogP contribution is -2.29. The normalized spacial score (nSPS) is 10.4. The second-order valence-electron chi connectivity index (χ2n) is 3.80. The van der Waals surface area contributed by atoms with E-state index in [4.69, 9.17) is 17.4 Å². The van der Waals surface area contributed by atoms with Crippen molar-refractivity contribution < 1.29 is 4.79 Å². The van der Waals surface area contributed by atoms with Crippen LogP contribution in [0.3, 0.4) is 0 Å². The van der Waals surface area contributed by atoms with Gasteiger partial charge in [0.05, 0.1) is 10.7 Å². The van der Waals surface area contributed by atoms with Gasteiger partial charge in [0.15, 0.2) is 0 Å². The molecule has 1 amide bonds. The summed E-state index contributed by atoms with van der Waals surface area (Å²) in [7, 11) is 0. The molecule has 0 atom stereocenters. The minimum Gasteiger partial charge on any atom is -0.289 e. The van der Waals surface area contributed by atoms with Crippen molar-refractivity contribution in [1.82, 2.24) is 10.4 Å². The molecule has 2 aromatic rings. The predicted molar refractivity (Wildman–Crippen MR) is 72.8 cm³/mol. The van der Waals surface area contributed by atoms with Gasteiger partial charge in [-0.2, -0.15) is 0 Å². The van der Waals surface area contributed by atoms with E-state index >= 15 is 0 Å². The summed E-state index contributed by atoms with van der Waals surface area (Å²) in [5.74, 6) is 4.81. The van der Waals surface area contributed by atoms with Gasteiger partial charge < -0.3 is 0 Å². The number of carbonyl (C=O) groups is 1. The van der Waals surface area contributed by atoms with Crippen molar-refractivity contribution in [3.8, 4) is 0 Å². The Labute approximate surface area is 114 Å². The molecule has 0 radical (unpaired) electrons. The van der Waals surface area contributed by atoms with Crippen LogP contribution in [0, 0.1) is 6.92 Å². The number of nitrogen functional groups attached to an aromatic ring is 1. The summed E-state index contributed by atoms with van der Waals surface area (Å²) in [6.45, 7) is 1.79. The molecule has 0 saturated heterocycles. The van der Waals surface area contributed by atoms with E-state index < -0.39 is 0 Å². The van der Waals surface area contributed by atoms with Crippen LogP contribution in [-0.4, -0.2) is 10.9 Å². The molecular weight excluding hydrogens is 270 g/mol. The lowest BCUT2D eigenvalue weighted by Gasteiger charge is -1.98. The van der Waals surface area contributed by atoms with Crippen LogP contribution < -0.4 is 11.3 Å². The number of hydrazine groups is 1. The fourth-order valence-electron chi connectivity index (χ4n) is 1.63. The summed E-state index contributed by atoms with van der Waals surface area (Å²) in [6.07, 6.45) is 0.657. The molecule has 0 spiro atoms. The zero-order valence-corrected chi connectivity index (χ0v) is 11.3. The van der Waals surface area contributed by atoms with Crippen molar-refractivity contribution in [2.45, 2.75) is 13.3 Å². The number of hydrogen-bond acceptors (Lipinski definition) is 4. The van der Waals surface area contributed by atoms with Crippen LogP contribution in [-0.2, 0) is 6.42 Å². The third-order valence-corrected chi connectivity index (χ3v) is 3.81. The largest absolute Gasteiger partial charge is 0.289 e. The summed E-state index contributed by atoms with van der Waals surface area (Å²) in [5, 5.41) is 1.56. The Morgan fingerprint density at radius 3 is 3.00 bits per heavy atom. The van der Waals surface area contributed by atoms with Crippen LogP contribution in [0.2, 0.25) is 5.02 Å². The molecule has 6 heteroatoms. The van der Waals surface area contributed by atoms with Crippen LogP contribution in [0.4, 0.5) is 0 Å². The lowest BCUT2D eigenvalue weighted by atomic mass is 10.2. The number of nitrogens with two attached hydrogens (primary N) is 1. The number of hydrogen-bond donors (Lipinski definition) is 2. The Hall–Kier alpha value is -1.43. The molecule has 1 aromatic heterocycles. The molecule has 0 aliphatic rings. The van der Waals surface area contributed by atoms with Crippen molar-refractivity contribution in [3.63, 3.8) is 0 Å². The van der Waals surface area contributed by atoms with Crippen molar-refractivity contribution in [1.29, 1.82) is 0 Å². The Morgan fingerprint density at radius 2 is 2.33 bits per heavy atom. The standard InChI is InChI=1S/C12H12ClN3OS/c1-7-11(12(17)16-14)18-10(15-7)6-8-3-2-4-9(13)5-8/h2-5H,6,14H2,1H3,(H,16,17). The minimum absolute atomic E-state index is 0.303. The fourth-order valence-corrected chi connectivity index (χ4v) is 2.84. The number of benzene rings is 1. The first-order valence-corrected chi connectivity index (χ1v) is 6.51. The molecule has 4 nitrogen and oxygen atoms in total. The van der Waals surface area contributed by atoms with Crippen molar-refractivity contribution in [3.05, 3.63) is 50.4 Å². The summed E-state index contributed by atoms with van der Waals surface area (Å²) in [4.78, 5) is 16.4. The van der Waals surface area contributed by atoms with Crippen LogP contribution in [0.5, 0.6) is 0 Å². The number of nitrogens with one attached hydrogen (secondary N) is 1.